The molecule has 2 rings (SSSR count). The molecule has 0 saturated carbocycles. The third-order valence-corrected chi connectivity index (χ3v) is 3.30. The Morgan fingerprint density at radius 2 is 1.68 bits per heavy atom. The highest BCUT2D eigenvalue weighted by molar-refractivity contribution is 5.95. The number of anilines is 1. The zero-order chi connectivity index (χ0) is 18.6. The zero-order valence-electron chi connectivity index (χ0n) is 13.0. The molecule has 0 aliphatic heterocycles. The van der Waals surface area contributed by atoms with Gasteiger partial charge in [-0.2, -0.15) is 0 Å². The lowest BCUT2D eigenvalue weighted by molar-refractivity contribution is -0.385. The van der Waals surface area contributed by atoms with Crippen molar-refractivity contribution < 1.29 is 24.1 Å². The molecule has 2 aromatic carbocycles. The molecule has 10 heteroatoms. The van der Waals surface area contributed by atoms with Crippen LogP contribution in [0.5, 0.6) is 5.75 Å². The maximum absolute atomic E-state index is 12.1. The number of rotatable bonds is 6. The van der Waals surface area contributed by atoms with Gasteiger partial charge in [0.15, 0.2) is 0 Å². The number of carbonyl (C=O) groups is 1. The van der Waals surface area contributed by atoms with Crippen molar-refractivity contribution in [2.75, 3.05) is 12.8 Å². The minimum atomic E-state index is -0.894. The van der Waals surface area contributed by atoms with E-state index in [2.05, 4.69) is 0 Å². The number of esters is 1. The molecule has 0 unspecified atom stereocenters. The Bertz CT molecular complexity index is 851. The molecular weight excluding hydrogens is 334 g/mol. The van der Waals surface area contributed by atoms with Crippen molar-refractivity contribution in [3.05, 3.63) is 67.8 Å². The molecule has 0 saturated heterocycles. The first-order chi connectivity index (χ1) is 11.8. The van der Waals surface area contributed by atoms with E-state index in [9.17, 15) is 25.0 Å². The quantitative estimate of drug-likeness (QED) is 0.362. The van der Waals surface area contributed by atoms with Crippen LogP contribution < -0.4 is 10.5 Å². The Hall–Kier alpha value is -3.69. The predicted octanol–water partition coefficient (Wildman–Crippen LogP) is 2.45. The Labute approximate surface area is 141 Å². The average Bonchev–Trinajstić information content (AvgIpc) is 2.59. The topological polar surface area (TPSA) is 148 Å². The molecule has 0 spiro atoms. The summed E-state index contributed by atoms with van der Waals surface area (Å²) in [7, 11) is 1.37. The molecule has 0 aromatic heterocycles. The van der Waals surface area contributed by atoms with E-state index in [4.69, 9.17) is 15.2 Å². The third kappa shape index (κ3) is 3.99. The van der Waals surface area contributed by atoms with Crippen LogP contribution in [0.25, 0.3) is 0 Å². The maximum Gasteiger partial charge on any atom is 0.340 e. The fraction of sp³-hybridized carbons (Fsp3) is 0.133. The van der Waals surface area contributed by atoms with Crippen molar-refractivity contribution in [3.8, 4) is 5.75 Å². The van der Waals surface area contributed by atoms with Gasteiger partial charge in [0, 0.05) is 35.5 Å². The number of hydrogen-bond donors (Lipinski definition) is 1. The molecule has 25 heavy (non-hydrogen) atoms. The summed E-state index contributed by atoms with van der Waals surface area (Å²) >= 11 is 0. The Morgan fingerprint density at radius 3 is 2.28 bits per heavy atom. The summed E-state index contributed by atoms with van der Waals surface area (Å²) in [6.07, 6.45) is 0. The van der Waals surface area contributed by atoms with E-state index in [1.54, 1.807) is 0 Å². The van der Waals surface area contributed by atoms with E-state index in [0.29, 0.717) is 5.75 Å². The third-order valence-electron chi connectivity index (χ3n) is 3.30. The molecule has 0 amide bonds. The summed E-state index contributed by atoms with van der Waals surface area (Å²) in [5.41, 5.74) is 5.26. The van der Waals surface area contributed by atoms with Crippen molar-refractivity contribution in [2.45, 2.75) is 6.61 Å². The van der Waals surface area contributed by atoms with Crippen LogP contribution in [-0.4, -0.2) is 22.9 Å². The standard InChI is InChI=1S/C15H13N3O7/c1-24-14-5-3-10(17(20)21)6-9(14)8-25-15(19)12-7-11(18(22)23)2-4-13(12)16/h2-7H,8,16H2,1H3. The number of ether oxygens (including phenoxy) is 2. The first-order valence-electron chi connectivity index (χ1n) is 6.86. The van der Waals surface area contributed by atoms with Crippen LogP contribution in [0.2, 0.25) is 0 Å². The van der Waals surface area contributed by atoms with Gasteiger partial charge in [-0.25, -0.2) is 4.79 Å². The van der Waals surface area contributed by atoms with E-state index in [1.165, 1.54) is 31.4 Å². The van der Waals surface area contributed by atoms with E-state index in [1.807, 2.05) is 0 Å². The number of nitro benzene ring substituents is 2. The average molecular weight is 347 g/mol. The number of benzene rings is 2. The number of nitrogens with zero attached hydrogens (tertiary/aromatic N) is 2. The SMILES string of the molecule is COc1ccc([N+](=O)[O-])cc1COC(=O)c1cc([N+](=O)[O-])ccc1N. The predicted molar refractivity (Wildman–Crippen MR) is 86.3 cm³/mol. The van der Waals surface area contributed by atoms with Gasteiger partial charge in [0.25, 0.3) is 11.4 Å². The van der Waals surface area contributed by atoms with Gasteiger partial charge in [-0.15, -0.1) is 0 Å². The normalized spacial score (nSPS) is 10.1. The molecule has 0 aliphatic carbocycles. The summed E-state index contributed by atoms with van der Waals surface area (Å²) in [6.45, 7) is -0.328. The number of carbonyl (C=O) groups excluding carboxylic acids is 1. The van der Waals surface area contributed by atoms with Crippen molar-refractivity contribution >= 4 is 23.0 Å². The number of methoxy groups -OCH3 is 1. The zero-order valence-corrected chi connectivity index (χ0v) is 13.0. The summed E-state index contributed by atoms with van der Waals surface area (Å²) in [6, 6.07) is 7.23. The number of nitrogen functional groups attached to an aromatic ring is 1. The second-order valence-corrected chi connectivity index (χ2v) is 4.86. The molecule has 2 aromatic rings. The lowest BCUT2D eigenvalue weighted by atomic mass is 10.1. The van der Waals surface area contributed by atoms with E-state index >= 15 is 0 Å². The van der Waals surface area contributed by atoms with Crippen LogP contribution in [0, 0.1) is 20.2 Å². The van der Waals surface area contributed by atoms with Crippen molar-refractivity contribution in [1.29, 1.82) is 0 Å². The molecule has 0 radical (unpaired) electrons. The second kappa shape index (κ2) is 7.25. The Balaban J connectivity index is 2.23. The first kappa shape index (κ1) is 17.7. The molecule has 0 bridgehead atoms. The highest BCUT2D eigenvalue weighted by atomic mass is 16.6. The smallest absolute Gasteiger partial charge is 0.340 e. The van der Waals surface area contributed by atoms with Crippen molar-refractivity contribution in [3.63, 3.8) is 0 Å². The minimum absolute atomic E-state index is 0.0154. The van der Waals surface area contributed by atoms with Crippen LogP contribution in [0.4, 0.5) is 17.1 Å². The van der Waals surface area contributed by atoms with Crippen LogP contribution >= 0.6 is 0 Å². The van der Waals surface area contributed by atoms with E-state index in [0.717, 1.165) is 12.1 Å². The van der Waals surface area contributed by atoms with E-state index in [-0.39, 0.29) is 34.8 Å². The molecule has 10 nitrogen and oxygen atoms in total. The first-order valence-corrected chi connectivity index (χ1v) is 6.86. The van der Waals surface area contributed by atoms with Gasteiger partial charge in [0.05, 0.1) is 22.5 Å². The minimum Gasteiger partial charge on any atom is -0.496 e. The Morgan fingerprint density at radius 1 is 1.08 bits per heavy atom. The molecule has 0 heterocycles. The summed E-state index contributed by atoms with van der Waals surface area (Å²) in [5.74, 6) is -0.597. The van der Waals surface area contributed by atoms with Crippen molar-refractivity contribution in [2.24, 2.45) is 0 Å². The van der Waals surface area contributed by atoms with Crippen LogP contribution in [0.1, 0.15) is 15.9 Å². The van der Waals surface area contributed by atoms with Gasteiger partial charge < -0.3 is 15.2 Å². The number of hydrogen-bond acceptors (Lipinski definition) is 8. The van der Waals surface area contributed by atoms with Crippen LogP contribution in [0.15, 0.2) is 36.4 Å². The van der Waals surface area contributed by atoms with Gasteiger partial charge in [-0.05, 0) is 12.1 Å². The number of nitro groups is 2. The van der Waals surface area contributed by atoms with Gasteiger partial charge in [-0.1, -0.05) is 0 Å². The fourth-order valence-corrected chi connectivity index (χ4v) is 2.05. The summed E-state index contributed by atoms with van der Waals surface area (Å²) in [5, 5.41) is 21.6. The highest BCUT2D eigenvalue weighted by Crippen LogP contribution is 2.26. The highest BCUT2D eigenvalue weighted by Gasteiger charge is 2.18. The maximum atomic E-state index is 12.1. The number of nitrogens with two attached hydrogens (primary N) is 1. The lowest BCUT2D eigenvalue weighted by Gasteiger charge is -2.10. The summed E-state index contributed by atoms with van der Waals surface area (Å²) < 4.78 is 10.1. The van der Waals surface area contributed by atoms with Gasteiger partial charge in [0.2, 0.25) is 0 Å². The molecule has 0 atom stereocenters. The fourth-order valence-electron chi connectivity index (χ4n) is 2.05. The molecule has 2 N–H and O–H groups in total. The van der Waals surface area contributed by atoms with E-state index < -0.39 is 15.8 Å². The summed E-state index contributed by atoms with van der Waals surface area (Å²) in [4.78, 5) is 32.5. The van der Waals surface area contributed by atoms with Crippen LogP contribution in [-0.2, 0) is 11.3 Å². The van der Waals surface area contributed by atoms with Crippen molar-refractivity contribution in [1.82, 2.24) is 0 Å². The van der Waals surface area contributed by atoms with Gasteiger partial charge in [-0.3, -0.25) is 20.2 Å². The largest absolute Gasteiger partial charge is 0.496 e. The Kier molecular flexibility index (Phi) is 5.12. The van der Waals surface area contributed by atoms with Gasteiger partial charge >= 0.3 is 5.97 Å². The molecule has 130 valence electrons. The molecular formula is C15H13N3O7. The molecule has 0 fully saturated rings. The molecule has 0 aliphatic rings. The van der Waals surface area contributed by atoms with Crippen LogP contribution in [0.3, 0.4) is 0 Å². The lowest BCUT2D eigenvalue weighted by Crippen LogP contribution is -2.09. The second-order valence-electron chi connectivity index (χ2n) is 4.86. The monoisotopic (exact) mass is 347 g/mol. The van der Waals surface area contributed by atoms with Gasteiger partial charge in [0.1, 0.15) is 12.4 Å². The number of non-ortho nitro benzene ring substituents is 2.